The predicted molar refractivity (Wildman–Crippen MR) is 125 cm³/mol. The number of aryl methyl sites for hydroxylation is 1. The number of fused-ring (bicyclic) bond motifs is 2. The second kappa shape index (κ2) is 10.0. The van der Waals surface area contributed by atoms with E-state index in [0.29, 0.717) is 17.1 Å². The number of para-hydroxylation sites is 1. The fourth-order valence-corrected chi connectivity index (χ4v) is 4.80. The third kappa shape index (κ3) is 5.34. The van der Waals surface area contributed by atoms with Crippen LogP contribution in [0.2, 0.25) is 0 Å². The first kappa shape index (κ1) is 24.0. The minimum atomic E-state index is -4.46. The van der Waals surface area contributed by atoms with Crippen molar-refractivity contribution in [1.82, 2.24) is 20.1 Å². The standard InChI is InChI=1S/C15H23N3O.C10H7F3N2/c1-18-13-10-6-5-9-12(13)14(17-18)15(19)16-11-7-3-2-4-8-11;11-10(12,13)9-5-7(14)6-3-1-2-4-8(6)15-9/h11H,2-10H2,1H3,(H,16,19);1-5H,(H2,14,15). The van der Waals surface area contributed by atoms with Crippen molar-refractivity contribution >= 4 is 22.5 Å². The van der Waals surface area contributed by atoms with E-state index < -0.39 is 11.9 Å². The Kier molecular flexibility index (Phi) is 7.09. The van der Waals surface area contributed by atoms with Crippen molar-refractivity contribution < 1.29 is 18.0 Å². The van der Waals surface area contributed by atoms with Crippen LogP contribution < -0.4 is 11.1 Å². The fraction of sp³-hybridized carbons (Fsp3) is 0.480. The summed E-state index contributed by atoms with van der Waals surface area (Å²) in [6.45, 7) is 0. The van der Waals surface area contributed by atoms with Crippen LogP contribution in [-0.2, 0) is 26.1 Å². The van der Waals surface area contributed by atoms with Gasteiger partial charge in [0.25, 0.3) is 5.91 Å². The van der Waals surface area contributed by atoms with Gasteiger partial charge in [-0.2, -0.15) is 18.3 Å². The molecule has 0 saturated heterocycles. The van der Waals surface area contributed by atoms with Gasteiger partial charge < -0.3 is 11.1 Å². The number of carbonyl (C=O) groups excluding carboxylic acids is 1. The number of aromatic nitrogens is 3. The van der Waals surface area contributed by atoms with Crippen molar-refractivity contribution in [3.63, 3.8) is 0 Å². The molecule has 0 aliphatic heterocycles. The molecule has 6 nitrogen and oxygen atoms in total. The van der Waals surface area contributed by atoms with Gasteiger partial charge in [0, 0.05) is 35.4 Å². The fourth-order valence-electron chi connectivity index (χ4n) is 4.80. The number of nitrogens with two attached hydrogens (primary N) is 1. The number of hydrogen-bond acceptors (Lipinski definition) is 4. The summed E-state index contributed by atoms with van der Waals surface area (Å²) in [6, 6.07) is 7.67. The van der Waals surface area contributed by atoms with Crippen molar-refractivity contribution in [3.05, 3.63) is 53.0 Å². The Morgan fingerprint density at radius 3 is 2.53 bits per heavy atom. The van der Waals surface area contributed by atoms with Crippen molar-refractivity contribution in [1.29, 1.82) is 0 Å². The van der Waals surface area contributed by atoms with Gasteiger partial charge in [-0.3, -0.25) is 9.48 Å². The van der Waals surface area contributed by atoms with Crippen LogP contribution in [0.1, 0.15) is 72.4 Å². The molecule has 1 amide bonds. The maximum atomic E-state index is 12.4. The smallest absolute Gasteiger partial charge is 0.398 e. The Hall–Kier alpha value is -3.10. The second-order valence-corrected chi connectivity index (χ2v) is 9.02. The van der Waals surface area contributed by atoms with E-state index in [9.17, 15) is 18.0 Å². The van der Waals surface area contributed by atoms with E-state index in [-0.39, 0.29) is 17.1 Å². The molecule has 3 N–H and O–H groups in total. The number of alkyl halides is 3. The van der Waals surface area contributed by atoms with Crippen LogP contribution in [0.15, 0.2) is 30.3 Å². The van der Waals surface area contributed by atoms with Crippen LogP contribution in [0, 0.1) is 0 Å². The third-order valence-electron chi connectivity index (χ3n) is 6.56. The molecule has 2 aliphatic carbocycles. The zero-order valence-corrected chi connectivity index (χ0v) is 19.3. The first-order chi connectivity index (χ1) is 16.2. The number of nitrogens with one attached hydrogen (secondary N) is 1. The van der Waals surface area contributed by atoms with Crippen molar-refractivity contribution in [2.45, 2.75) is 70.0 Å². The highest BCUT2D eigenvalue weighted by molar-refractivity contribution is 5.94. The molecule has 2 aromatic heterocycles. The van der Waals surface area contributed by atoms with Crippen molar-refractivity contribution in [2.24, 2.45) is 7.05 Å². The number of rotatable bonds is 2. The van der Waals surface area contributed by atoms with E-state index in [1.807, 2.05) is 11.7 Å². The van der Waals surface area contributed by atoms with E-state index in [1.54, 1.807) is 18.2 Å². The lowest BCUT2D eigenvalue weighted by Gasteiger charge is -2.22. The highest BCUT2D eigenvalue weighted by Crippen LogP contribution is 2.31. The first-order valence-electron chi connectivity index (χ1n) is 11.8. The van der Waals surface area contributed by atoms with Gasteiger partial charge in [-0.1, -0.05) is 37.5 Å². The van der Waals surface area contributed by atoms with Gasteiger partial charge >= 0.3 is 6.18 Å². The molecule has 0 unspecified atom stereocenters. The largest absolute Gasteiger partial charge is 0.433 e. The molecule has 9 heteroatoms. The maximum Gasteiger partial charge on any atom is 0.433 e. The molecular weight excluding hydrogens is 443 g/mol. The quantitative estimate of drug-likeness (QED) is 0.536. The zero-order valence-electron chi connectivity index (χ0n) is 19.3. The number of amides is 1. The minimum Gasteiger partial charge on any atom is -0.398 e. The molecule has 0 spiro atoms. The van der Waals surface area contributed by atoms with Crippen LogP contribution in [0.25, 0.3) is 10.9 Å². The predicted octanol–water partition coefficient (Wildman–Crippen LogP) is 5.20. The molecule has 1 aromatic carbocycles. The average molecular weight is 474 g/mol. The van der Waals surface area contributed by atoms with Crippen LogP contribution in [-0.4, -0.2) is 26.7 Å². The van der Waals surface area contributed by atoms with E-state index >= 15 is 0 Å². The number of pyridine rings is 1. The number of halogens is 3. The Morgan fingerprint density at radius 2 is 1.79 bits per heavy atom. The molecule has 3 aromatic rings. The first-order valence-corrected chi connectivity index (χ1v) is 11.8. The van der Waals surface area contributed by atoms with Gasteiger partial charge in [0.15, 0.2) is 5.69 Å². The molecule has 5 rings (SSSR count). The van der Waals surface area contributed by atoms with Crippen LogP contribution in [0.4, 0.5) is 18.9 Å². The van der Waals surface area contributed by atoms with E-state index in [4.69, 9.17) is 5.73 Å². The normalized spacial score (nSPS) is 16.5. The summed E-state index contributed by atoms with van der Waals surface area (Å²) in [4.78, 5) is 15.9. The molecule has 2 heterocycles. The summed E-state index contributed by atoms with van der Waals surface area (Å²) in [6.07, 6.45) is 6.06. The summed E-state index contributed by atoms with van der Waals surface area (Å²) >= 11 is 0. The highest BCUT2D eigenvalue weighted by Gasteiger charge is 2.33. The Labute approximate surface area is 196 Å². The maximum absolute atomic E-state index is 12.4. The lowest BCUT2D eigenvalue weighted by molar-refractivity contribution is -0.140. The minimum absolute atomic E-state index is 0.0469. The van der Waals surface area contributed by atoms with Gasteiger partial charge in [0.1, 0.15) is 5.69 Å². The van der Waals surface area contributed by atoms with Crippen LogP contribution >= 0.6 is 0 Å². The van der Waals surface area contributed by atoms with Crippen molar-refractivity contribution in [2.75, 3.05) is 5.73 Å². The molecule has 0 radical (unpaired) electrons. The Morgan fingerprint density at radius 1 is 1.09 bits per heavy atom. The molecule has 0 bridgehead atoms. The zero-order chi connectivity index (χ0) is 24.3. The van der Waals surface area contributed by atoms with E-state index in [2.05, 4.69) is 15.4 Å². The number of nitrogens with zero attached hydrogens (tertiary/aromatic N) is 3. The number of benzene rings is 1. The SMILES string of the molecule is Cn1nc(C(=O)NC2CCCCC2)c2c1CCCC2.Nc1cc(C(F)(F)F)nc2ccccc12. The summed E-state index contributed by atoms with van der Waals surface area (Å²) in [5, 5.41) is 8.18. The molecular formula is C25H30F3N5O. The second-order valence-electron chi connectivity index (χ2n) is 9.02. The summed E-state index contributed by atoms with van der Waals surface area (Å²) in [5.41, 5.74) is 8.04. The van der Waals surface area contributed by atoms with Crippen LogP contribution in [0.5, 0.6) is 0 Å². The molecule has 34 heavy (non-hydrogen) atoms. The number of nitrogen functional groups attached to an aromatic ring is 1. The van der Waals surface area contributed by atoms with Crippen LogP contribution in [0.3, 0.4) is 0 Å². The average Bonchev–Trinajstić information content (AvgIpc) is 3.16. The van der Waals surface area contributed by atoms with Crippen molar-refractivity contribution in [3.8, 4) is 0 Å². The van der Waals surface area contributed by atoms with Gasteiger partial charge in [0.2, 0.25) is 0 Å². The molecule has 0 atom stereocenters. The van der Waals surface area contributed by atoms with Gasteiger partial charge in [0.05, 0.1) is 5.52 Å². The molecule has 182 valence electrons. The third-order valence-corrected chi connectivity index (χ3v) is 6.56. The van der Waals surface area contributed by atoms with Gasteiger partial charge in [-0.05, 0) is 50.7 Å². The number of hydrogen-bond donors (Lipinski definition) is 2. The summed E-state index contributed by atoms with van der Waals surface area (Å²) < 4.78 is 39.0. The van der Waals surface area contributed by atoms with Gasteiger partial charge in [-0.15, -0.1) is 0 Å². The molecule has 2 aliphatic rings. The lowest BCUT2D eigenvalue weighted by atomic mass is 9.94. The molecule has 1 saturated carbocycles. The molecule has 1 fully saturated rings. The summed E-state index contributed by atoms with van der Waals surface area (Å²) in [5.74, 6) is 0.0469. The van der Waals surface area contributed by atoms with Gasteiger partial charge in [-0.25, -0.2) is 4.98 Å². The number of carbonyl (C=O) groups is 1. The highest BCUT2D eigenvalue weighted by atomic mass is 19.4. The number of anilines is 1. The lowest BCUT2D eigenvalue weighted by Crippen LogP contribution is -2.36. The van der Waals surface area contributed by atoms with E-state index in [1.165, 1.54) is 49.4 Å². The topological polar surface area (TPSA) is 85.8 Å². The Bertz CT molecular complexity index is 1170. The summed E-state index contributed by atoms with van der Waals surface area (Å²) in [7, 11) is 1.96. The Balaban J connectivity index is 0.000000166. The van der Waals surface area contributed by atoms with E-state index in [0.717, 1.165) is 31.7 Å². The monoisotopic (exact) mass is 473 g/mol.